The largest absolute Gasteiger partial charge is 0.497 e. The molecule has 0 radical (unpaired) electrons. The molecule has 0 atom stereocenters. The number of anilines is 1. The second kappa shape index (κ2) is 4.74. The molecule has 1 aromatic heterocycles. The Kier molecular flexibility index (Phi) is 3.06. The van der Waals surface area contributed by atoms with Gasteiger partial charge in [-0.3, -0.25) is 4.79 Å². The van der Waals surface area contributed by atoms with Crippen LogP contribution in [0.2, 0.25) is 0 Å². The molecule has 1 aromatic carbocycles. The van der Waals surface area contributed by atoms with E-state index in [0.29, 0.717) is 10.6 Å². The van der Waals surface area contributed by atoms with E-state index >= 15 is 0 Å². The monoisotopic (exact) mass is 276 g/mol. The molecular weight excluding hydrogens is 260 g/mol. The van der Waals surface area contributed by atoms with Crippen molar-refractivity contribution in [3.63, 3.8) is 0 Å². The molecule has 0 spiro atoms. The number of likely N-dealkylation sites (tertiary alicyclic amines) is 1. The van der Waals surface area contributed by atoms with Gasteiger partial charge in [-0.15, -0.1) is 11.3 Å². The van der Waals surface area contributed by atoms with Crippen LogP contribution in [-0.2, 0) is 0 Å². The molecular formula is C14H16N2O2S. The van der Waals surface area contributed by atoms with Crippen molar-refractivity contribution >= 4 is 33.0 Å². The summed E-state index contributed by atoms with van der Waals surface area (Å²) in [5.41, 5.74) is 6.72. The molecule has 3 rings (SSSR count). The SMILES string of the molecule is COc1ccc2c(N)c(C(=O)N3CCCC3)sc2c1. The van der Waals surface area contributed by atoms with E-state index in [4.69, 9.17) is 10.5 Å². The smallest absolute Gasteiger partial charge is 0.266 e. The molecule has 0 saturated carbocycles. The number of nitrogens with two attached hydrogens (primary N) is 1. The molecule has 1 saturated heterocycles. The first-order valence-electron chi connectivity index (χ1n) is 6.36. The highest BCUT2D eigenvalue weighted by molar-refractivity contribution is 7.21. The number of nitrogen functional groups attached to an aromatic ring is 1. The Balaban J connectivity index is 2.03. The molecule has 2 aromatic rings. The highest BCUT2D eigenvalue weighted by Crippen LogP contribution is 2.36. The second-order valence-electron chi connectivity index (χ2n) is 4.71. The fourth-order valence-corrected chi connectivity index (χ4v) is 3.57. The van der Waals surface area contributed by atoms with Gasteiger partial charge in [0, 0.05) is 23.2 Å². The van der Waals surface area contributed by atoms with E-state index in [9.17, 15) is 4.79 Å². The van der Waals surface area contributed by atoms with Gasteiger partial charge in [-0.05, 0) is 31.0 Å². The summed E-state index contributed by atoms with van der Waals surface area (Å²) in [4.78, 5) is 15.0. The molecule has 19 heavy (non-hydrogen) atoms. The molecule has 5 heteroatoms. The third kappa shape index (κ3) is 2.04. The molecule has 0 aliphatic carbocycles. The maximum absolute atomic E-state index is 12.4. The number of benzene rings is 1. The van der Waals surface area contributed by atoms with Crippen molar-refractivity contribution in [2.45, 2.75) is 12.8 Å². The van der Waals surface area contributed by atoms with Crippen LogP contribution >= 0.6 is 11.3 Å². The minimum absolute atomic E-state index is 0.0650. The van der Waals surface area contributed by atoms with Crippen LogP contribution < -0.4 is 10.5 Å². The zero-order valence-electron chi connectivity index (χ0n) is 10.8. The summed E-state index contributed by atoms with van der Waals surface area (Å²) in [6, 6.07) is 5.72. The van der Waals surface area contributed by atoms with Crippen molar-refractivity contribution in [2.24, 2.45) is 0 Å². The summed E-state index contributed by atoms with van der Waals surface area (Å²) in [7, 11) is 1.63. The Labute approximate surface area is 115 Å². The molecule has 1 amide bonds. The molecule has 1 aliphatic rings. The maximum Gasteiger partial charge on any atom is 0.266 e. The normalized spacial score (nSPS) is 15.1. The number of rotatable bonds is 2. The Bertz CT molecular complexity index is 630. The lowest BCUT2D eigenvalue weighted by atomic mass is 10.2. The van der Waals surface area contributed by atoms with E-state index in [-0.39, 0.29) is 5.91 Å². The summed E-state index contributed by atoms with van der Waals surface area (Å²) in [5, 5.41) is 0.938. The lowest BCUT2D eigenvalue weighted by Gasteiger charge is -2.14. The van der Waals surface area contributed by atoms with Crippen LogP contribution in [0.1, 0.15) is 22.5 Å². The van der Waals surface area contributed by atoms with Gasteiger partial charge in [0.15, 0.2) is 0 Å². The van der Waals surface area contributed by atoms with Crippen LogP contribution in [0.4, 0.5) is 5.69 Å². The number of hydrogen-bond donors (Lipinski definition) is 1. The number of fused-ring (bicyclic) bond motifs is 1. The minimum Gasteiger partial charge on any atom is -0.497 e. The molecule has 0 bridgehead atoms. The van der Waals surface area contributed by atoms with E-state index in [1.807, 2.05) is 23.1 Å². The first-order valence-corrected chi connectivity index (χ1v) is 7.17. The number of ether oxygens (including phenoxy) is 1. The van der Waals surface area contributed by atoms with Crippen LogP contribution in [0.15, 0.2) is 18.2 Å². The average Bonchev–Trinajstić information content (AvgIpc) is 3.06. The van der Waals surface area contributed by atoms with Crippen molar-refractivity contribution in [1.29, 1.82) is 0 Å². The van der Waals surface area contributed by atoms with Crippen LogP contribution in [0.3, 0.4) is 0 Å². The Morgan fingerprint density at radius 3 is 2.79 bits per heavy atom. The fourth-order valence-electron chi connectivity index (χ4n) is 2.45. The minimum atomic E-state index is 0.0650. The number of carbonyl (C=O) groups is 1. The average molecular weight is 276 g/mol. The van der Waals surface area contributed by atoms with Crippen LogP contribution in [0, 0.1) is 0 Å². The van der Waals surface area contributed by atoms with Gasteiger partial charge >= 0.3 is 0 Å². The van der Waals surface area contributed by atoms with Gasteiger partial charge in [-0.25, -0.2) is 0 Å². The highest BCUT2D eigenvalue weighted by atomic mass is 32.1. The molecule has 4 nitrogen and oxygen atoms in total. The number of amides is 1. The van der Waals surface area contributed by atoms with Gasteiger partial charge in [0.25, 0.3) is 5.91 Å². The summed E-state index contributed by atoms with van der Waals surface area (Å²) >= 11 is 1.45. The molecule has 0 unspecified atom stereocenters. The summed E-state index contributed by atoms with van der Waals surface area (Å²) in [6.07, 6.45) is 2.18. The van der Waals surface area contributed by atoms with Crippen LogP contribution in [-0.4, -0.2) is 31.0 Å². The first-order chi connectivity index (χ1) is 9.20. The van der Waals surface area contributed by atoms with Gasteiger partial charge < -0.3 is 15.4 Å². The van der Waals surface area contributed by atoms with Crippen molar-refractivity contribution in [1.82, 2.24) is 4.90 Å². The highest BCUT2D eigenvalue weighted by Gasteiger charge is 2.24. The predicted molar refractivity (Wildman–Crippen MR) is 77.9 cm³/mol. The van der Waals surface area contributed by atoms with E-state index in [1.54, 1.807) is 7.11 Å². The van der Waals surface area contributed by atoms with E-state index in [2.05, 4.69) is 0 Å². The van der Waals surface area contributed by atoms with Gasteiger partial charge in [-0.2, -0.15) is 0 Å². The van der Waals surface area contributed by atoms with E-state index < -0.39 is 0 Å². The molecule has 2 heterocycles. The van der Waals surface area contributed by atoms with Crippen molar-refractivity contribution in [2.75, 3.05) is 25.9 Å². The lowest BCUT2D eigenvalue weighted by molar-refractivity contribution is 0.0798. The number of thiophene rings is 1. The van der Waals surface area contributed by atoms with Gasteiger partial charge in [-0.1, -0.05) is 0 Å². The molecule has 1 aliphatic heterocycles. The van der Waals surface area contributed by atoms with Crippen molar-refractivity contribution < 1.29 is 9.53 Å². The third-order valence-corrected chi connectivity index (χ3v) is 4.68. The standard InChI is InChI=1S/C14H16N2O2S/c1-18-9-4-5-10-11(8-9)19-13(12(10)15)14(17)16-6-2-3-7-16/h4-5,8H,2-3,6-7,15H2,1H3. The maximum atomic E-state index is 12.4. The number of hydrogen-bond acceptors (Lipinski definition) is 4. The Hall–Kier alpha value is -1.75. The number of methoxy groups -OCH3 is 1. The lowest BCUT2D eigenvalue weighted by Crippen LogP contribution is -2.27. The van der Waals surface area contributed by atoms with Crippen molar-refractivity contribution in [3.8, 4) is 5.75 Å². The third-order valence-electron chi connectivity index (χ3n) is 3.52. The Morgan fingerprint density at radius 1 is 1.37 bits per heavy atom. The summed E-state index contributed by atoms with van der Waals surface area (Å²) in [5.74, 6) is 0.851. The zero-order chi connectivity index (χ0) is 13.4. The summed E-state index contributed by atoms with van der Waals surface area (Å²) in [6.45, 7) is 1.69. The number of nitrogens with zero attached hydrogens (tertiary/aromatic N) is 1. The van der Waals surface area contributed by atoms with Gasteiger partial charge in [0.2, 0.25) is 0 Å². The summed E-state index contributed by atoms with van der Waals surface area (Å²) < 4.78 is 6.20. The number of carbonyl (C=O) groups excluding carboxylic acids is 1. The first kappa shape index (κ1) is 12.3. The van der Waals surface area contributed by atoms with Crippen LogP contribution in [0.25, 0.3) is 10.1 Å². The zero-order valence-corrected chi connectivity index (χ0v) is 11.6. The fraction of sp³-hybridized carbons (Fsp3) is 0.357. The predicted octanol–water partition coefficient (Wildman–Crippen LogP) is 2.73. The van der Waals surface area contributed by atoms with Gasteiger partial charge in [0.1, 0.15) is 10.6 Å². The van der Waals surface area contributed by atoms with Crippen molar-refractivity contribution in [3.05, 3.63) is 23.1 Å². The second-order valence-corrected chi connectivity index (χ2v) is 5.76. The Morgan fingerprint density at radius 2 is 2.11 bits per heavy atom. The van der Waals surface area contributed by atoms with E-state index in [0.717, 1.165) is 41.8 Å². The van der Waals surface area contributed by atoms with E-state index in [1.165, 1.54) is 11.3 Å². The molecule has 1 fully saturated rings. The molecule has 2 N–H and O–H groups in total. The van der Waals surface area contributed by atoms with Crippen LogP contribution in [0.5, 0.6) is 5.75 Å². The quantitative estimate of drug-likeness (QED) is 0.917. The molecule has 100 valence electrons. The topological polar surface area (TPSA) is 55.6 Å². The van der Waals surface area contributed by atoms with Gasteiger partial charge in [0.05, 0.1) is 12.8 Å².